The Balaban J connectivity index is 1.50. The molecule has 196 valence electrons. The molecule has 0 bridgehead atoms. The molecule has 0 unspecified atom stereocenters. The van der Waals surface area contributed by atoms with Crippen molar-refractivity contribution in [1.82, 2.24) is 4.57 Å². The van der Waals surface area contributed by atoms with Crippen molar-refractivity contribution < 1.29 is 19.1 Å². The molecule has 5 rings (SSSR count). The summed E-state index contributed by atoms with van der Waals surface area (Å²) >= 11 is 7.33. The highest BCUT2D eigenvalue weighted by Gasteiger charge is 2.33. The second kappa shape index (κ2) is 11.2. The number of hydrogen-bond acceptors (Lipinski definition) is 7. The summed E-state index contributed by atoms with van der Waals surface area (Å²) in [7, 11) is 0. The SMILES string of the molecule is CCOC(=O)C1=C(C)N=c2s/c(=C\c3ccc(OC(=O)c4ccccc4Cl)cc3)c(=O)n2[C@H]1c1ccccc1. The first-order chi connectivity index (χ1) is 18.9. The highest BCUT2D eigenvalue weighted by Crippen LogP contribution is 2.30. The fourth-order valence-electron chi connectivity index (χ4n) is 4.31. The molecule has 0 fully saturated rings. The van der Waals surface area contributed by atoms with Crippen LogP contribution >= 0.6 is 22.9 Å². The lowest BCUT2D eigenvalue weighted by Gasteiger charge is -2.24. The van der Waals surface area contributed by atoms with Crippen molar-refractivity contribution in [3.63, 3.8) is 0 Å². The Labute approximate surface area is 232 Å². The van der Waals surface area contributed by atoms with Crippen LogP contribution in [0.25, 0.3) is 6.08 Å². The first-order valence-corrected chi connectivity index (χ1v) is 13.4. The maximum Gasteiger partial charge on any atom is 0.345 e. The topological polar surface area (TPSA) is 87.0 Å². The molecule has 0 saturated carbocycles. The molecular formula is C30H23ClN2O5S. The van der Waals surface area contributed by atoms with Crippen molar-refractivity contribution in [2.45, 2.75) is 19.9 Å². The number of halogens is 1. The summed E-state index contributed by atoms with van der Waals surface area (Å²) in [6.07, 6.45) is 1.74. The van der Waals surface area contributed by atoms with Gasteiger partial charge in [0.05, 0.1) is 39.0 Å². The monoisotopic (exact) mass is 558 g/mol. The molecule has 0 N–H and O–H groups in total. The molecule has 2 heterocycles. The highest BCUT2D eigenvalue weighted by molar-refractivity contribution is 7.07. The lowest BCUT2D eigenvalue weighted by Crippen LogP contribution is -2.39. The molecule has 7 nitrogen and oxygen atoms in total. The Morgan fingerprint density at radius 2 is 1.69 bits per heavy atom. The van der Waals surface area contributed by atoms with E-state index in [0.717, 1.165) is 11.1 Å². The number of carbonyl (C=O) groups excluding carboxylic acids is 2. The summed E-state index contributed by atoms with van der Waals surface area (Å²) in [4.78, 5) is 44.1. The number of allylic oxidation sites excluding steroid dienone is 1. The van der Waals surface area contributed by atoms with E-state index in [4.69, 9.17) is 21.1 Å². The standard InChI is InChI=1S/C30H23ClN2O5S/c1-3-37-29(36)25-18(2)32-30-33(26(25)20-9-5-4-6-10-20)27(34)24(39-30)17-19-13-15-21(16-14-19)38-28(35)22-11-7-8-12-23(22)31/h4-17,26H,3H2,1-2H3/b24-17-/t26-/m0/s1. The van der Waals surface area contributed by atoms with Crippen LogP contribution in [0.5, 0.6) is 5.75 Å². The minimum Gasteiger partial charge on any atom is -0.463 e. The van der Waals surface area contributed by atoms with Gasteiger partial charge < -0.3 is 9.47 Å². The molecule has 3 aromatic carbocycles. The van der Waals surface area contributed by atoms with Gasteiger partial charge in [-0.2, -0.15) is 0 Å². The van der Waals surface area contributed by atoms with Crippen molar-refractivity contribution in [2.75, 3.05) is 6.61 Å². The van der Waals surface area contributed by atoms with Crippen molar-refractivity contribution in [1.29, 1.82) is 0 Å². The van der Waals surface area contributed by atoms with Gasteiger partial charge in [0.15, 0.2) is 4.80 Å². The van der Waals surface area contributed by atoms with Crippen LogP contribution in [0.4, 0.5) is 0 Å². The normalized spacial score (nSPS) is 14.9. The summed E-state index contributed by atoms with van der Waals surface area (Å²) in [5.41, 5.74) is 2.37. The third kappa shape index (κ3) is 5.34. The Hall–Kier alpha value is -4.27. The number of esters is 2. The average Bonchev–Trinajstić information content (AvgIpc) is 3.23. The Kier molecular flexibility index (Phi) is 7.58. The molecule has 0 radical (unpaired) electrons. The summed E-state index contributed by atoms with van der Waals surface area (Å²) in [5, 5.41) is 0.310. The van der Waals surface area contributed by atoms with Crippen molar-refractivity contribution in [3.8, 4) is 5.75 Å². The van der Waals surface area contributed by atoms with Gasteiger partial charge in [0.2, 0.25) is 0 Å². The molecule has 0 amide bonds. The quantitative estimate of drug-likeness (QED) is 0.253. The first-order valence-electron chi connectivity index (χ1n) is 12.2. The van der Waals surface area contributed by atoms with Crippen LogP contribution in [0.15, 0.2) is 99.9 Å². The van der Waals surface area contributed by atoms with Gasteiger partial charge in [-0.25, -0.2) is 14.6 Å². The molecule has 0 saturated heterocycles. The van der Waals surface area contributed by atoms with Gasteiger partial charge in [0, 0.05) is 0 Å². The van der Waals surface area contributed by atoms with E-state index < -0.39 is 18.0 Å². The minimum atomic E-state index is -0.657. The second-order valence-electron chi connectivity index (χ2n) is 8.65. The molecule has 0 spiro atoms. The number of rotatable bonds is 6. The Morgan fingerprint density at radius 3 is 2.38 bits per heavy atom. The van der Waals surface area contributed by atoms with Crippen LogP contribution < -0.4 is 19.6 Å². The van der Waals surface area contributed by atoms with Gasteiger partial charge in [-0.1, -0.05) is 77.5 Å². The van der Waals surface area contributed by atoms with E-state index >= 15 is 0 Å². The van der Waals surface area contributed by atoms with Gasteiger partial charge in [0.1, 0.15) is 5.75 Å². The van der Waals surface area contributed by atoms with E-state index in [1.54, 1.807) is 73.0 Å². The predicted octanol–water partition coefficient (Wildman–Crippen LogP) is 4.67. The Bertz CT molecular complexity index is 1770. The molecule has 9 heteroatoms. The van der Waals surface area contributed by atoms with E-state index in [-0.39, 0.29) is 17.7 Å². The smallest absolute Gasteiger partial charge is 0.345 e. The van der Waals surface area contributed by atoms with Crippen LogP contribution in [-0.2, 0) is 9.53 Å². The van der Waals surface area contributed by atoms with Crippen LogP contribution in [0.3, 0.4) is 0 Å². The largest absolute Gasteiger partial charge is 0.463 e. The summed E-state index contributed by atoms with van der Waals surface area (Å²) in [6.45, 7) is 3.71. The molecule has 39 heavy (non-hydrogen) atoms. The number of hydrogen-bond donors (Lipinski definition) is 0. The van der Waals surface area contributed by atoms with Gasteiger partial charge in [0.25, 0.3) is 5.56 Å². The zero-order valence-corrected chi connectivity index (χ0v) is 22.7. The van der Waals surface area contributed by atoms with Crippen LogP contribution in [0.1, 0.15) is 41.4 Å². The van der Waals surface area contributed by atoms with Gasteiger partial charge >= 0.3 is 11.9 Å². The van der Waals surface area contributed by atoms with Crippen molar-refractivity contribution in [3.05, 3.63) is 132 Å². The molecular weight excluding hydrogens is 536 g/mol. The van der Waals surface area contributed by atoms with E-state index in [0.29, 0.717) is 31.4 Å². The minimum absolute atomic E-state index is 0.214. The summed E-state index contributed by atoms with van der Waals surface area (Å²) in [6, 6.07) is 22.2. The number of thiazole rings is 1. The predicted molar refractivity (Wildman–Crippen MR) is 150 cm³/mol. The van der Waals surface area contributed by atoms with E-state index in [1.165, 1.54) is 11.3 Å². The lowest BCUT2D eigenvalue weighted by atomic mass is 9.96. The van der Waals surface area contributed by atoms with Crippen molar-refractivity contribution in [2.24, 2.45) is 4.99 Å². The summed E-state index contributed by atoms with van der Waals surface area (Å²) < 4.78 is 12.8. The summed E-state index contributed by atoms with van der Waals surface area (Å²) in [5.74, 6) is -0.712. The van der Waals surface area contributed by atoms with Gasteiger partial charge in [-0.15, -0.1) is 0 Å². The number of carbonyl (C=O) groups is 2. The number of aromatic nitrogens is 1. The maximum absolute atomic E-state index is 13.7. The molecule has 1 atom stereocenters. The van der Waals surface area contributed by atoms with Crippen molar-refractivity contribution >= 4 is 41.0 Å². The number of benzene rings is 3. The number of ether oxygens (including phenoxy) is 2. The van der Waals surface area contributed by atoms with E-state index in [2.05, 4.69) is 4.99 Å². The van der Waals surface area contributed by atoms with Gasteiger partial charge in [-0.3, -0.25) is 9.36 Å². The molecule has 1 aliphatic heterocycles. The number of nitrogens with zero attached hydrogens (tertiary/aromatic N) is 2. The zero-order chi connectivity index (χ0) is 27.5. The fourth-order valence-corrected chi connectivity index (χ4v) is 5.57. The van der Waals surface area contributed by atoms with E-state index in [9.17, 15) is 14.4 Å². The third-order valence-electron chi connectivity index (χ3n) is 6.11. The lowest BCUT2D eigenvalue weighted by molar-refractivity contribution is -0.139. The van der Waals surface area contributed by atoms with Crippen LogP contribution in [0, 0.1) is 0 Å². The first kappa shape index (κ1) is 26.3. The van der Waals surface area contributed by atoms with Gasteiger partial charge in [-0.05, 0) is 55.3 Å². The van der Waals surface area contributed by atoms with Crippen LogP contribution in [0.2, 0.25) is 5.02 Å². The third-order valence-corrected chi connectivity index (χ3v) is 7.43. The average molecular weight is 559 g/mol. The fraction of sp³-hybridized carbons (Fsp3) is 0.133. The highest BCUT2D eigenvalue weighted by atomic mass is 35.5. The van der Waals surface area contributed by atoms with Crippen LogP contribution in [-0.4, -0.2) is 23.1 Å². The zero-order valence-electron chi connectivity index (χ0n) is 21.1. The molecule has 1 aromatic heterocycles. The number of fused-ring (bicyclic) bond motifs is 1. The molecule has 1 aliphatic rings. The Morgan fingerprint density at radius 1 is 1.00 bits per heavy atom. The maximum atomic E-state index is 13.7. The molecule has 4 aromatic rings. The van der Waals surface area contributed by atoms with E-state index in [1.807, 2.05) is 30.3 Å². The molecule has 0 aliphatic carbocycles. The second-order valence-corrected chi connectivity index (χ2v) is 10.1.